The van der Waals surface area contributed by atoms with Crippen molar-refractivity contribution in [3.63, 3.8) is 0 Å². The standard InChI is InChI=1S/C13H9N3O/c1-9(17)12-5-3-10(7-15-12)11-4-6-13(14-2)16-8-11/h3-8H,1H3. The molecule has 0 atom stereocenters. The topological polar surface area (TPSA) is 47.2 Å². The van der Waals surface area contributed by atoms with Crippen LogP contribution in [0.2, 0.25) is 0 Å². The molecule has 0 saturated heterocycles. The van der Waals surface area contributed by atoms with Crippen LogP contribution < -0.4 is 0 Å². The lowest BCUT2D eigenvalue weighted by molar-refractivity contribution is 0.101. The van der Waals surface area contributed by atoms with Gasteiger partial charge in [0.25, 0.3) is 5.82 Å². The molecule has 0 N–H and O–H groups in total. The number of Topliss-reactive ketones (excluding diaryl/α,β-unsaturated/α-hetero) is 1. The fourth-order valence-electron chi connectivity index (χ4n) is 1.40. The summed E-state index contributed by atoms with van der Waals surface area (Å²) in [7, 11) is 0. The van der Waals surface area contributed by atoms with E-state index >= 15 is 0 Å². The summed E-state index contributed by atoms with van der Waals surface area (Å²) in [6.07, 6.45) is 3.25. The van der Waals surface area contributed by atoms with E-state index < -0.39 is 0 Å². The molecule has 4 heteroatoms. The Hall–Kier alpha value is -2.54. The van der Waals surface area contributed by atoms with E-state index in [1.54, 1.807) is 24.5 Å². The fraction of sp³-hybridized carbons (Fsp3) is 0.0769. The van der Waals surface area contributed by atoms with E-state index in [0.29, 0.717) is 11.5 Å². The Bertz CT molecular complexity index is 580. The zero-order valence-electron chi connectivity index (χ0n) is 9.21. The maximum absolute atomic E-state index is 11.1. The number of aromatic nitrogens is 2. The SMILES string of the molecule is [C-]#[N+]c1ccc(-c2ccc(C(C)=O)nc2)cn1. The average Bonchev–Trinajstić information content (AvgIpc) is 2.39. The molecule has 2 rings (SSSR count). The minimum Gasteiger partial charge on any atom is -0.361 e. The average molecular weight is 223 g/mol. The van der Waals surface area contributed by atoms with Crippen molar-refractivity contribution in [1.29, 1.82) is 0 Å². The molecule has 2 heterocycles. The molecule has 0 bridgehead atoms. The maximum Gasteiger partial charge on any atom is 0.269 e. The molecule has 0 aliphatic rings. The Kier molecular flexibility index (Phi) is 2.93. The van der Waals surface area contributed by atoms with Gasteiger partial charge in [0.2, 0.25) is 0 Å². The predicted octanol–water partition coefficient (Wildman–Crippen LogP) is 2.90. The number of carbonyl (C=O) groups excluding carboxylic acids is 1. The Balaban J connectivity index is 2.33. The summed E-state index contributed by atoms with van der Waals surface area (Å²) in [5, 5.41) is 0. The molecule has 17 heavy (non-hydrogen) atoms. The normalized spacial score (nSPS) is 9.65. The molecule has 0 aliphatic heterocycles. The third-order valence-corrected chi connectivity index (χ3v) is 2.32. The zero-order chi connectivity index (χ0) is 12.3. The molecule has 0 radical (unpaired) electrons. The minimum atomic E-state index is -0.0574. The van der Waals surface area contributed by atoms with Gasteiger partial charge in [-0.1, -0.05) is 18.7 Å². The third kappa shape index (κ3) is 2.34. The van der Waals surface area contributed by atoms with Crippen LogP contribution in [0.1, 0.15) is 17.4 Å². The number of hydrogen-bond donors (Lipinski definition) is 0. The van der Waals surface area contributed by atoms with Gasteiger partial charge in [0.05, 0.1) is 0 Å². The van der Waals surface area contributed by atoms with Crippen molar-refractivity contribution >= 4 is 11.6 Å². The molecule has 2 aromatic rings. The van der Waals surface area contributed by atoms with Crippen LogP contribution in [-0.4, -0.2) is 15.8 Å². The Morgan fingerprint density at radius 1 is 1.12 bits per heavy atom. The van der Waals surface area contributed by atoms with Crippen LogP contribution in [0, 0.1) is 6.57 Å². The van der Waals surface area contributed by atoms with Crippen LogP contribution in [0.25, 0.3) is 16.0 Å². The fourth-order valence-corrected chi connectivity index (χ4v) is 1.40. The lowest BCUT2D eigenvalue weighted by atomic mass is 10.1. The van der Waals surface area contributed by atoms with E-state index in [1.807, 2.05) is 12.1 Å². The van der Waals surface area contributed by atoms with E-state index in [9.17, 15) is 4.79 Å². The van der Waals surface area contributed by atoms with Crippen molar-refractivity contribution in [3.05, 3.63) is 53.8 Å². The predicted molar refractivity (Wildman–Crippen MR) is 63.7 cm³/mol. The Morgan fingerprint density at radius 3 is 2.18 bits per heavy atom. The second-order valence-corrected chi connectivity index (χ2v) is 3.51. The third-order valence-electron chi connectivity index (χ3n) is 2.32. The van der Waals surface area contributed by atoms with Gasteiger partial charge in [-0.25, -0.2) is 0 Å². The van der Waals surface area contributed by atoms with Crippen molar-refractivity contribution < 1.29 is 4.79 Å². The highest BCUT2D eigenvalue weighted by atomic mass is 16.1. The first-order valence-electron chi connectivity index (χ1n) is 5.01. The van der Waals surface area contributed by atoms with Crippen LogP contribution in [0.15, 0.2) is 36.7 Å². The lowest BCUT2D eigenvalue weighted by Crippen LogP contribution is -1.95. The van der Waals surface area contributed by atoms with Crippen molar-refractivity contribution in [3.8, 4) is 11.1 Å². The number of carbonyl (C=O) groups is 1. The highest BCUT2D eigenvalue weighted by Crippen LogP contribution is 2.19. The van der Waals surface area contributed by atoms with E-state index in [0.717, 1.165) is 11.1 Å². The number of nitrogens with zero attached hydrogens (tertiary/aromatic N) is 3. The molecule has 2 aromatic heterocycles. The number of pyridine rings is 2. The van der Waals surface area contributed by atoms with E-state index in [-0.39, 0.29) is 5.78 Å². The Labute approximate surface area is 98.8 Å². The van der Waals surface area contributed by atoms with Gasteiger partial charge < -0.3 is 4.85 Å². The van der Waals surface area contributed by atoms with Crippen LogP contribution in [0.5, 0.6) is 0 Å². The second kappa shape index (κ2) is 4.54. The number of rotatable bonds is 2. The van der Waals surface area contributed by atoms with Crippen molar-refractivity contribution in [2.24, 2.45) is 0 Å². The highest BCUT2D eigenvalue weighted by molar-refractivity contribution is 5.92. The van der Waals surface area contributed by atoms with Gasteiger partial charge in [0, 0.05) is 24.2 Å². The van der Waals surface area contributed by atoms with Crippen LogP contribution in [0.4, 0.5) is 5.82 Å². The zero-order valence-corrected chi connectivity index (χ0v) is 9.21. The van der Waals surface area contributed by atoms with Crippen LogP contribution in [-0.2, 0) is 0 Å². The molecule has 0 spiro atoms. The smallest absolute Gasteiger partial charge is 0.269 e. The molecule has 0 fully saturated rings. The van der Waals surface area contributed by atoms with Gasteiger partial charge in [0.15, 0.2) is 5.78 Å². The van der Waals surface area contributed by atoms with Crippen LogP contribution in [0.3, 0.4) is 0 Å². The summed E-state index contributed by atoms with van der Waals surface area (Å²) in [6, 6.07) is 6.96. The second-order valence-electron chi connectivity index (χ2n) is 3.51. The Morgan fingerprint density at radius 2 is 1.76 bits per heavy atom. The molecule has 82 valence electrons. The molecular formula is C13H9N3O. The van der Waals surface area contributed by atoms with Crippen LogP contribution >= 0.6 is 0 Å². The molecule has 0 amide bonds. The van der Waals surface area contributed by atoms with Gasteiger partial charge >= 0.3 is 0 Å². The molecule has 0 saturated carbocycles. The van der Waals surface area contributed by atoms with Gasteiger partial charge in [0.1, 0.15) is 11.9 Å². The first-order chi connectivity index (χ1) is 8.20. The van der Waals surface area contributed by atoms with Crippen molar-refractivity contribution in [2.75, 3.05) is 0 Å². The summed E-state index contributed by atoms with van der Waals surface area (Å²) < 4.78 is 0. The monoisotopic (exact) mass is 223 g/mol. The van der Waals surface area contributed by atoms with Gasteiger partial charge in [-0.15, -0.1) is 4.98 Å². The van der Waals surface area contributed by atoms with Gasteiger partial charge in [-0.05, 0) is 12.1 Å². The van der Waals surface area contributed by atoms with Gasteiger partial charge in [-0.3, -0.25) is 9.78 Å². The number of hydrogen-bond acceptors (Lipinski definition) is 3. The highest BCUT2D eigenvalue weighted by Gasteiger charge is 2.04. The lowest BCUT2D eigenvalue weighted by Gasteiger charge is -2.00. The van der Waals surface area contributed by atoms with E-state index in [4.69, 9.17) is 6.57 Å². The minimum absolute atomic E-state index is 0.0574. The quantitative estimate of drug-likeness (QED) is 0.581. The van der Waals surface area contributed by atoms with Gasteiger partial charge in [-0.2, -0.15) is 0 Å². The summed E-state index contributed by atoms with van der Waals surface area (Å²) >= 11 is 0. The number of ketones is 1. The van der Waals surface area contributed by atoms with E-state index in [2.05, 4.69) is 14.8 Å². The molecule has 0 unspecified atom stereocenters. The van der Waals surface area contributed by atoms with Crippen molar-refractivity contribution in [1.82, 2.24) is 9.97 Å². The molecule has 0 aliphatic carbocycles. The molecular weight excluding hydrogens is 214 g/mol. The first kappa shape index (κ1) is 11.0. The van der Waals surface area contributed by atoms with E-state index in [1.165, 1.54) is 6.92 Å². The largest absolute Gasteiger partial charge is 0.361 e. The summed E-state index contributed by atoms with van der Waals surface area (Å²) in [5.74, 6) is 0.306. The summed E-state index contributed by atoms with van der Waals surface area (Å²) in [5.41, 5.74) is 2.19. The summed E-state index contributed by atoms with van der Waals surface area (Å²) in [4.78, 5) is 22.3. The molecule has 0 aromatic carbocycles. The van der Waals surface area contributed by atoms with Crippen molar-refractivity contribution in [2.45, 2.75) is 6.92 Å². The first-order valence-corrected chi connectivity index (χ1v) is 5.01. The molecule has 4 nitrogen and oxygen atoms in total. The maximum atomic E-state index is 11.1. The summed E-state index contributed by atoms with van der Waals surface area (Å²) in [6.45, 7) is 8.29.